The van der Waals surface area contributed by atoms with E-state index in [1.807, 2.05) is 0 Å². The number of nitrogen functional groups attached to an aromatic ring is 1. The Morgan fingerprint density at radius 2 is 2.00 bits per heavy atom. The number of carboxylic acid groups (broad SMARTS) is 1. The first kappa shape index (κ1) is 12.4. The first-order chi connectivity index (χ1) is 7.47. The topological polar surface area (TPSA) is 124 Å². The Bertz CT molecular complexity index is 393. The molecule has 1 aromatic carbocycles. The van der Waals surface area contributed by atoms with E-state index < -0.39 is 24.8 Å². The SMILES string of the molecule is Nc1ccc(C(=O)O)cc1C(O)C(O)CO. The number of benzene rings is 1. The summed E-state index contributed by atoms with van der Waals surface area (Å²) < 4.78 is 0. The largest absolute Gasteiger partial charge is 0.478 e. The van der Waals surface area contributed by atoms with Crippen molar-refractivity contribution in [3.63, 3.8) is 0 Å². The molecule has 2 atom stereocenters. The molecule has 6 N–H and O–H groups in total. The van der Waals surface area contributed by atoms with Gasteiger partial charge in [-0.2, -0.15) is 0 Å². The zero-order valence-electron chi connectivity index (χ0n) is 8.37. The van der Waals surface area contributed by atoms with E-state index in [2.05, 4.69) is 0 Å². The highest BCUT2D eigenvalue weighted by Crippen LogP contribution is 2.24. The summed E-state index contributed by atoms with van der Waals surface area (Å²) in [5, 5.41) is 36.2. The van der Waals surface area contributed by atoms with Crippen LogP contribution in [0.1, 0.15) is 22.0 Å². The van der Waals surface area contributed by atoms with Crippen molar-refractivity contribution in [2.45, 2.75) is 12.2 Å². The normalized spacial score (nSPS) is 14.4. The van der Waals surface area contributed by atoms with E-state index in [1.54, 1.807) is 0 Å². The molecule has 0 saturated heterocycles. The highest BCUT2D eigenvalue weighted by molar-refractivity contribution is 5.88. The zero-order chi connectivity index (χ0) is 12.3. The van der Waals surface area contributed by atoms with Gasteiger partial charge in [0.15, 0.2) is 0 Å². The molecule has 0 aliphatic rings. The lowest BCUT2D eigenvalue weighted by molar-refractivity contribution is -0.0149. The second-order valence-electron chi connectivity index (χ2n) is 3.34. The van der Waals surface area contributed by atoms with Crippen LogP contribution in [0, 0.1) is 0 Å². The van der Waals surface area contributed by atoms with Crippen molar-refractivity contribution in [1.29, 1.82) is 0 Å². The minimum atomic E-state index is -1.41. The van der Waals surface area contributed by atoms with E-state index in [4.69, 9.17) is 15.9 Å². The smallest absolute Gasteiger partial charge is 0.335 e. The van der Waals surface area contributed by atoms with E-state index in [9.17, 15) is 15.0 Å². The average molecular weight is 227 g/mol. The Kier molecular flexibility index (Phi) is 3.83. The van der Waals surface area contributed by atoms with Gasteiger partial charge in [0, 0.05) is 11.3 Å². The molecule has 16 heavy (non-hydrogen) atoms. The first-order valence-electron chi connectivity index (χ1n) is 4.57. The molecule has 0 radical (unpaired) electrons. The average Bonchev–Trinajstić information content (AvgIpc) is 2.27. The van der Waals surface area contributed by atoms with Crippen molar-refractivity contribution in [1.82, 2.24) is 0 Å². The standard InChI is InChI=1S/C10H13NO5/c11-7-2-1-5(10(15)16)3-6(7)9(14)8(13)4-12/h1-3,8-9,12-14H,4,11H2,(H,15,16). The van der Waals surface area contributed by atoms with E-state index in [1.165, 1.54) is 18.2 Å². The number of aromatic carboxylic acids is 1. The summed E-state index contributed by atoms with van der Waals surface area (Å²) in [6, 6.07) is 3.78. The number of rotatable bonds is 4. The molecule has 88 valence electrons. The maximum Gasteiger partial charge on any atom is 0.335 e. The highest BCUT2D eigenvalue weighted by Gasteiger charge is 2.20. The van der Waals surface area contributed by atoms with Crippen LogP contribution in [0.5, 0.6) is 0 Å². The van der Waals surface area contributed by atoms with Crippen LogP contribution in [-0.4, -0.2) is 39.1 Å². The Morgan fingerprint density at radius 3 is 2.50 bits per heavy atom. The minimum absolute atomic E-state index is 0.0478. The summed E-state index contributed by atoms with van der Waals surface area (Å²) in [6.45, 7) is -0.641. The van der Waals surface area contributed by atoms with Crippen LogP contribution in [0.4, 0.5) is 5.69 Å². The predicted molar refractivity (Wildman–Crippen MR) is 55.9 cm³/mol. The van der Waals surface area contributed by atoms with Crippen molar-refractivity contribution in [2.24, 2.45) is 0 Å². The summed E-state index contributed by atoms with van der Waals surface area (Å²) in [5.41, 5.74) is 5.73. The predicted octanol–water partition coefficient (Wildman–Crippen LogP) is -0.646. The lowest BCUT2D eigenvalue weighted by atomic mass is 10.0. The van der Waals surface area contributed by atoms with Crippen LogP contribution in [-0.2, 0) is 0 Å². The number of nitrogens with two attached hydrogens (primary N) is 1. The molecule has 0 bridgehead atoms. The summed E-state index contributed by atoms with van der Waals surface area (Å²) in [4.78, 5) is 10.7. The maximum absolute atomic E-state index is 10.7. The molecule has 6 nitrogen and oxygen atoms in total. The number of hydrogen-bond acceptors (Lipinski definition) is 5. The monoisotopic (exact) mass is 227 g/mol. The molecule has 0 fully saturated rings. The Hall–Kier alpha value is -1.63. The fourth-order valence-electron chi connectivity index (χ4n) is 1.27. The van der Waals surface area contributed by atoms with E-state index in [-0.39, 0.29) is 16.8 Å². The number of carboxylic acids is 1. The molecule has 0 aliphatic carbocycles. The lowest BCUT2D eigenvalue weighted by Gasteiger charge is -2.18. The van der Waals surface area contributed by atoms with Crippen LogP contribution in [0.2, 0.25) is 0 Å². The summed E-state index contributed by atoms with van der Waals surface area (Å²) in [7, 11) is 0. The van der Waals surface area contributed by atoms with Crippen molar-refractivity contribution in [3.8, 4) is 0 Å². The second-order valence-corrected chi connectivity index (χ2v) is 3.34. The van der Waals surface area contributed by atoms with Crippen molar-refractivity contribution < 1.29 is 25.2 Å². The zero-order valence-corrected chi connectivity index (χ0v) is 8.37. The van der Waals surface area contributed by atoms with Gasteiger partial charge >= 0.3 is 5.97 Å². The minimum Gasteiger partial charge on any atom is -0.478 e. The van der Waals surface area contributed by atoms with Crippen molar-refractivity contribution in [3.05, 3.63) is 29.3 Å². The third-order valence-corrected chi connectivity index (χ3v) is 2.20. The Labute approximate surface area is 91.6 Å². The molecule has 0 aliphatic heterocycles. The van der Waals surface area contributed by atoms with Crippen LogP contribution in [0.3, 0.4) is 0 Å². The third-order valence-electron chi connectivity index (χ3n) is 2.20. The van der Waals surface area contributed by atoms with Gasteiger partial charge in [-0.3, -0.25) is 0 Å². The van der Waals surface area contributed by atoms with Crippen LogP contribution in [0.15, 0.2) is 18.2 Å². The van der Waals surface area contributed by atoms with Crippen LogP contribution < -0.4 is 5.73 Å². The lowest BCUT2D eigenvalue weighted by Crippen LogP contribution is -2.23. The number of aliphatic hydroxyl groups excluding tert-OH is 3. The molecule has 1 aromatic rings. The van der Waals surface area contributed by atoms with Crippen molar-refractivity contribution >= 4 is 11.7 Å². The highest BCUT2D eigenvalue weighted by atomic mass is 16.4. The molecular formula is C10H13NO5. The van der Waals surface area contributed by atoms with Gasteiger partial charge in [-0.1, -0.05) is 0 Å². The van der Waals surface area contributed by atoms with Gasteiger partial charge in [0.2, 0.25) is 0 Å². The van der Waals surface area contributed by atoms with E-state index in [0.717, 1.165) is 0 Å². The number of aliphatic hydroxyl groups is 3. The van der Waals surface area contributed by atoms with Gasteiger partial charge < -0.3 is 26.2 Å². The molecule has 0 amide bonds. The fourth-order valence-corrected chi connectivity index (χ4v) is 1.27. The van der Waals surface area contributed by atoms with Crippen molar-refractivity contribution in [2.75, 3.05) is 12.3 Å². The number of carbonyl (C=O) groups is 1. The first-order valence-corrected chi connectivity index (χ1v) is 4.57. The molecule has 0 saturated carbocycles. The molecule has 2 unspecified atom stereocenters. The summed E-state index contributed by atoms with van der Waals surface area (Å²) >= 11 is 0. The molecule has 6 heteroatoms. The summed E-state index contributed by atoms with van der Waals surface area (Å²) in [6.07, 6.45) is -2.81. The molecule has 0 spiro atoms. The van der Waals surface area contributed by atoms with Gasteiger partial charge in [0.05, 0.1) is 12.2 Å². The number of hydrogen-bond donors (Lipinski definition) is 5. The quantitative estimate of drug-likeness (QED) is 0.435. The van der Waals surface area contributed by atoms with Crippen LogP contribution in [0.25, 0.3) is 0 Å². The van der Waals surface area contributed by atoms with Gasteiger partial charge in [-0.05, 0) is 18.2 Å². The molecule has 0 aromatic heterocycles. The second kappa shape index (κ2) is 4.93. The Morgan fingerprint density at radius 1 is 1.38 bits per heavy atom. The van der Waals surface area contributed by atoms with E-state index in [0.29, 0.717) is 0 Å². The van der Waals surface area contributed by atoms with Gasteiger partial charge in [0.1, 0.15) is 12.2 Å². The van der Waals surface area contributed by atoms with Crippen LogP contribution >= 0.6 is 0 Å². The van der Waals surface area contributed by atoms with Gasteiger partial charge in [0.25, 0.3) is 0 Å². The van der Waals surface area contributed by atoms with E-state index >= 15 is 0 Å². The summed E-state index contributed by atoms with van der Waals surface area (Å²) in [5.74, 6) is -1.16. The maximum atomic E-state index is 10.7. The molecular weight excluding hydrogens is 214 g/mol. The Balaban J connectivity index is 3.11. The fraction of sp³-hybridized carbons (Fsp3) is 0.300. The molecule has 1 rings (SSSR count). The van der Waals surface area contributed by atoms with Gasteiger partial charge in [-0.15, -0.1) is 0 Å². The third kappa shape index (κ3) is 2.48. The molecule has 0 heterocycles. The number of anilines is 1. The van der Waals surface area contributed by atoms with Gasteiger partial charge in [-0.25, -0.2) is 4.79 Å².